The lowest BCUT2D eigenvalue weighted by Gasteiger charge is -2.35. The number of carbonyl (C=O) groups is 1. The van der Waals surface area contributed by atoms with Gasteiger partial charge in [-0.2, -0.15) is 0 Å². The van der Waals surface area contributed by atoms with E-state index in [4.69, 9.17) is 14.6 Å². The molecule has 0 aromatic heterocycles. The zero-order valence-electron chi connectivity index (χ0n) is 11.8. The number of methoxy groups -OCH3 is 2. The number of carboxylic acids is 1. The first-order chi connectivity index (χ1) is 9.63. The van der Waals surface area contributed by atoms with Crippen molar-refractivity contribution in [1.82, 2.24) is 4.90 Å². The van der Waals surface area contributed by atoms with Gasteiger partial charge in [-0.15, -0.1) is 0 Å². The van der Waals surface area contributed by atoms with Crippen molar-refractivity contribution >= 4 is 11.7 Å². The van der Waals surface area contributed by atoms with Crippen LogP contribution in [0.2, 0.25) is 0 Å². The van der Waals surface area contributed by atoms with E-state index < -0.39 is 5.97 Å². The zero-order valence-corrected chi connectivity index (χ0v) is 11.8. The summed E-state index contributed by atoms with van der Waals surface area (Å²) in [4.78, 5) is 14.9. The number of hydrogen-bond acceptors (Lipinski definition) is 5. The molecule has 6 heteroatoms. The predicted octanol–water partition coefficient (Wildman–Crippen LogP) is 0.910. The fourth-order valence-corrected chi connectivity index (χ4v) is 2.38. The molecule has 0 atom stereocenters. The Hall–Kier alpha value is -1.95. The lowest BCUT2D eigenvalue weighted by molar-refractivity contribution is -0.138. The van der Waals surface area contributed by atoms with E-state index in [-0.39, 0.29) is 6.54 Å². The van der Waals surface area contributed by atoms with Gasteiger partial charge in [-0.25, -0.2) is 0 Å². The number of anilines is 1. The molecule has 1 aromatic carbocycles. The minimum absolute atomic E-state index is 0.111. The summed E-state index contributed by atoms with van der Waals surface area (Å²) in [6.07, 6.45) is 0. The Balaban J connectivity index is 2.01. The van der Waals surface area contributed by atoms with Crippen LogP contribution < -0.4 is 14.4 Å². The van der Waals surface area contributed by atoms with Crippen LogP contribution in [0.25, 0.3) is 0 Å². The Kier molecular flexibility index (Phi) is 4.68. The molecule has 1 aromatic rings. The molecule has 0 radical (unpaired) electrons. The van der Waals surface area contributed by atoms with Gasteiger partial charge in [-0.3, -0.25) is 9.69 Å². The standard InChI is InChI=1S/C14H20N2O4/c1-19-12-4-3-11(9-13(12)20-2)16-7-5-15(6-8-16)10-14(17)18/h3-4,9H,5-8,10H2,1-2H3,(H,17,18). The van der Waals surface area contributed by atoms with Crippen LogP contribution in [0.5, 0.6) is 11.5 Å². The van der Waals surface area contributed by atoms with Gasteiger partial charge in [0.05, 0.1) is 20.8 Å². The summed E-state index contributed by atoms with van der Waals surface area (Å²) in [6, 6.07) is 5.83. The SMILES string of the molecule is COc1ccc(N2CCN(CC(=O)O)CC2)cc1OC. The van der Waals surface area contributed by atoms with E-state index in [0.717, 1.165) is 31.9 Å². The summed E-state index contributed by atoms with van der Waals surface area (Å²) < 4.78 is 10.5. The van der Waals surface area contributed by atoms with Crippen molar-refractivity contribution in [3.8, 4) is 11.5 Å². The van der Waals surface area contributed by atoms with Crippen LogP contribution >= 0.6 is 0 Å². The molecule has 1 aliphatic heterocycles. The van der Waals surface area contributed by atoms with Crippen LogP contribution in [-0.4, -0.2) is 62.9 Å². The third-order valence-corrected chi connectivity index (χ3v) is 3.46. The molecule has 2 rings (SSSR count). The third kappa shape index (κ3) is 3.33. The lowest BCUT2D eigenvalue weighted by Crippen LogP contribution is -2.47. The fourth-order valence-electron chi connectivity index (χ4n) is 2.38. The normalized spacial score (nSPS) is 16.0. The number of nitrogens with zero attached hydrogens (tertiary/aromatic N) is 2. The van der Waals surface area contributed by atoms with Crippen molar-refractivity contribution in [3.63, 3.8) is 0 Å². The maximum absolute atomic E-state index is 10.7. The molecule has 0 spiro atoms. The van der Waals surface area contributed by atoms with Gasteiger partial charge in [0.15, 0.2) is 11.5 Å². The van der Waals surface area contributed by atoms with Crippen LogP contribution in [0, 0.1) is 0 Å². The first-order valence-electron chi connectivity index (χ1n) is 6.55. The van der Waals surface area contributed by atoms with Crippen molar-refractivity contribution < 1.29 is 19.4 Å². The molecule has 0 aliphatic carbocycles. The maximum atomic E-state index is 10.7. The second kappa shape index (κ2) is 6.47. The Morgan fingerprint density at radius 2 is 1.80 bits per heavy atom. The lowest BCUT2D eigenvalue weighted by atomic mass is 10.2. The van der Waals surface area contributed by atoms with Crippen LogP contribution in [0.1, 0.15) is 0 Å². The molecule has 0 saturated carbocycles. The highest BCUT2D eigenvalue weighted by atomic mass is 16.5. The number of aliphatic carboxylic acids is 1. The van der Waals surface area contributed by atoms with E-state index in [1.165, 1.54) is 0 Å². The minimum atomic E-state index is -0.774. The van der Waals surface area contributed by atoms with Crippen LogP contribution in [-0.2, 0) is 4.79 Å². The Bertz CT molecular complexity index is 470. The Morgan fingerprint density at radius 3 is 2.35 bits per heavy atom. The second-order valence-electron chi connectivity index (χ2n) is 4.70. The summed E-state index contributed by atoms with van der Waals surface area (Å²) in [7, 11) is 3.23. The number of carboxylic acid groups (broad SMARTS) is 1. The summed E-state index contributed by atoms with van der Waals surface area (Å²) in [6.45, 7) is 3.23. The van der Waals surface area contributed by atoms with Gasteiger partial charge in [0.25, 0.3) is 0 Å². The first-order valence-corrected chi connectivity index (χ1v) is 6.55. The Morgan fingerprint density at radius 1 is 1.15 bits per heavy atom. The van der Waals surface area contributed by atoms with E-state index >= 15 is 0 Å². The van der Waals surface area contributed by atoms with Crippen molar-refractivity contribution in [3.05, 3.63) is 18.2 Å². The van der Waals surface area contributed by atoms with Crippen LogP contribution in [0.15, 0.2) is 18.2 Å². The second-order valence-corrected chi connectivity index (χ2v) is 4.70. The average Bonchev–Trinajstić information content (AvgIpc) is 2.46. The third-order valence-electron chi connectivity index (χ3n) is 3.46. The average molecular weight is 280 g/mol. The number of hydrogen-bond donors (Lipinski definition) is 1. The van der Waals surface area contributed by atoms with Gasteiger partial charge in [-0.1, -0.05) is 0 Å². The molecule has 20 heavy (non-hydrogen) atoms. The van der Waals surface area contributed by atoms with Gasteiger partial charge in [0, 0.05) is 37.9 Å². The summed E-state index contributed by atoms with van der Waals surface area (Å²) in [5, 5.41) is 8.79. The smallest absolute Gasteiger partial charge is 0.317 e. The highest BCUT2D eigenvalue weighted by molar-refractivity contribution is 5.69. The predicted molar refractivity (Wildman–Crippen MR) is 75.8 cm³/mol. The highest BCUT2D eigenvalue weighted by Crippen LogP contribution is 2.31. The largest absolute Gasteiger partial charge is 0.493 e. The molecular weight excluding hydrogens is 260 g/mol. The molecule has 6 nitrogen and oxygen atoms in total. The topological polar surface area (TPSA) is 62.2 Å². The van der Waals surface area contributed by atoms with Crippen molar-refractivity contribution in [2.75, 3.05) is 51.8 Å². The summed E-state index contributed by atoms with van der Waals surface area (Å²) in [5.74, 6) is 0.642. The number of rotatable bonds is 5. The van der Waals surface area contributed by atoms with Crippen molar-refractivity contribution in [2.24, 2.45) is 0 Å². The van der Waals surface area contributed by atoms with E-state index in [1.54, 1.807) is 14.2 Å². The van der Waals surface area contributed by atoms with Gasteiger partial charge < -0.3 is 19.5 Å². The van der Waals surface area contributed by atoms with E-state index in [0.29, 0.717) is 11.5 Å². The number of ether oxygens (including phenoxy) is 2. The molecule has 1 aliphatic rings. The van der Waals surface area contributed by atoms with E-state index in [2.05, 4.69) is 4.90 Å². The van der Waals surface area contributed by atoms with Gasteiger partial charge in [0.2, 0.25) is 0 Å². The molecule has 1 fully saturated rings. The van der Waals surface area contributed by atoms with Crippen molar-refractivity contribution in [1.29, 1.82) is 0 Å². The van der Waals surface area contributed by atoms with Crippen molar-refractivity contribution in [2.45, 2.75) is 0 Å². The van der Waals surface area contributed by atoms with Crippen LogP contribution in [0.3, 0.4) is 0 Å². The zero-order chi connectivity index (χ0) is 14.5. The maximum Gasteiger partial charge on any atom is 0.317 e. The highest BCUT2D eigenvalue weighted by Gasteiger charge is 2.19. The molecule has 1 heterocycles. The van der Waals surface area contributed by atoms with Gasteiger partial charge in [-0.05, 0) is 12.1 Å². The molecule has 1 saturated heterocycles. The molecule has 0 bridgehead atoms. The molecular formula is C14H20N2O4. The van der Waals surface area contributed by atoms with Gasteiger partial charge in [0.1, 0.15) is 0 Å². The van der Waals surface area contributed by atoms with Crippen LogP contribution in [0.4, 0.5) is 5.69 Å². The molecule has 0 unspecified atom stereocenters. The summed E-state index contributed by atoms with van der Waals surface area (Å²) >= 11 is 0. The first kappa shape index (κ1) is 14.5. The Labute approximate surface area is 118 Å². The quantitative estimate of drug-likeness (QED) is 0.865. The molecule has 110 valence electrons. The van der Waals surface area contributed by atoms with E-state index in [9.17, 15) is 4.79 Å². The number of benzene rings is 1. The monoisotopic (exact) mass is 280 g/mol. The molecule has 0 amide bonds. The summed E-state index contributed by atoms with van der Waals surface area (Å²) in [5.41, 5.74) is 1.07. The molecule has 1 N–H and O–H groups in total. The minimum Gasteiger partial charge on any atom is -0.493 e. The fraction of sp³-hybridized carbons (Fsp3) is 0.500. The van der Waals surface area contributed by atoms with E-state index in [1.807, 2.05) is 23.1 Å². The van der Waals surface area contributed by atoms with Gasteiger partial charge >= 0.3 is 5.97 Å². The number of piperazine rings is 1.